The van der Waals surface area contributed by atoms with E-state index in [2.05, 4.69) is 13.2 Å². The second kappa shape index (κ2) is 12.2. The molecule has 0 saturated heterocycles. The first-order valence-corrected chi connectivity index (χ1v) is 4.52. The van der Waals surface area contributed by atoms with E-state index in [1.807, 2.05) is 43.3 Å². The topological polar surface area (TPSA) is 37.3 Å². The molecule has 0 atom stereocenters. The Morgan fingerprint density at radius 1 is 1.27 bits per heavy atom. The van der Waals surface area contributed by atoms with Crippen LogP contribution in [0.3, 0.4) is 0 Å². The molecule has 0 fully saturated rings. The van der Waals surface area contributed by atoms with Gasteiger partial charge < -0.3 is 5.11 Å². The Balaban J connectivity index is 0. The van der Waals surface area contributed by atoms with Gasteiger partial charge in [0, 0.05) is 6.92 Å². The molecule has 1 aromatic rings. The lowest BCUT2D eigenvalue weighted by Crippen LogP contribution is -1.78. The maximum absolute atomic E-state index is 9.00. The lowest BCUT2D eigenvalue weighted by molar-refractivity contribution is -0.134. The molecule has 2 heteroatoms. The summed E-state index contributed by atoms with van der Waals surface area (Å²) >= 11 is 0. The van der Waals surface area contributed by atoms with Gasteiger partial charge in [0.05, 0.1) is 0 Å². The van der Waals surface area contributed by atoms with Gasteiger partial charge in [-0.3, -0.25) is 4.79 Å². The van der Waals surface area contributed by atoms with Crippen molar-refractivity contribution >= 4 is 12.0 Å². The summed E-state index contributed by atoms with van der Waals surface area (Å²) in [6, 6.07) is 10.0. The summed E-state index contributed by atoms with van der Waals surface area (Å²) in [6.45, 7) is 9.96. The van der Waals surface area contributed by atoms with Gasteiger partial charge in [-0.25, -0.2) is 0 Å². The summed E-state index contributed by atoms with van der Waals surface area (Å²) in [5, 5.41) is 7.42. The third-order valence-corrected chi connectivity index (χ3v) is 1.04. The quantitative estimate of drug-likeness (QED) is 0.713. The highest BCUT2D eigenvalue weighted by Gasteiger charge is 1.75. The Hall–Kier alpha value is -1.83. The Kier molecular flexibility index (Phi) is 12.7. The van der Waals surface area contributed by atoms with Crippen LogP contribution in [-0.2, 0) is 4.79 Å². The molecule has 1 rings (SSSR count). The minimum absolute atomic E-state index is 0.833. The number of carboxylic acids is 1. The normalized spacial score (nSPS) is 7.07. The van der Waals surface area contributed by atoms with E-state index in [4.69, 9.17) is 9.90 Å². The van der Waals surface area contributed by atoms with Crippen LogP contribution in [0.25, 0.3) is 6.08 Å². The summed E-state index contributed by atoms with van der Waals surface area (Å²) in [4.78, 5) is 9.00. The van der Waals surface area contributed by atoms with Gasteiger partial charge in [-0.05, 0) is 12.5 Å². The molecule has 0 aliphatic carbocycles. The molecule has 0 amide bonds. The van der Waals surface area contributed by atoms with Crippen LogP contribution in [0.5, 0.6) is 0 Å². The van der Waals surface area contributed by atoms with Crippen molar-refractivity contribution in [3.63, 3.8) is 0 Å². The molecule has 0 radical (unpaired) electrons. The fourth-order valence-corrected chi connectivity index (χ4v) is 0.589. The highest BCUT2D eigenvalue weighted by atomic mass is 16.4. The van der Waals surface area contributed by atoms with E-state index in [1.165, 1.54) is 5.56 Å². The van der Waals surface area contributed by atoms with E-state index in [1.54, 1.807) is 6.08 Å². The standard InChI is InChI=1S/C8H8.C3H6.C2H4O2/c1-2-8-6-4-3-5-7-8;1-3-2;1-2(3)4/h2-7H,1H2;3H,1H2,2H3;1H3,(H,3,4). The fraction of sp³-hybridized carbons (Fsp3) is 0.154. The molecule has 0 aliphatic rings. The first-order valence-electron chi connectivity index (χ1n) is 4.52. The zero-order chi connectivity index (χ0) is 12.1. The van der Waals surface area contributed by atoms with Crippen LogP contribution in [0.15, 0.2) is 49.6 Å². The number of aliphatic carboxylic acids is 1. The van der Waals surface area contributed by atoms with E-state index in [0.29, 0.717) is 0 Å². The Labute approximate surface area is 91.6 Å². The molecule has 0 aliphatic heterocycles. The molecule has 0 unspecified atom stereocenters. The number of benzene rings is 1. The monoisotopic (exact) mass is 206 g/mol. The summed E-state index contributed by atoms with van der Waals surface area (Å²) < 4.78 is 0. The first-order chi connectivity index (χ1) is 7.08. The van der Waals surface area contributed by atoms with Gasteiger partial charge >= 0.3 is 0 Å². The van der Waals surface area contributed by atoms with Crippen molar-refractivity contribution in [2.75, 3.05) is 0 Å². The summed E-state index contributed by atoms with van der Waals surface area (Å²) in [5.41, 5.74) is 1.17. The zero-order valence-electron chi connectivity index (χ0n) is 9.31. The molecule has 0 aromatic heterocycles. The predicted molar refractivity (Wildman–Crippen MR) is 65.7 cm³/mol. The second-order valence-corrected chi connectivity index (χ2v) is 2.54. The predicted octanol–water partition coefficient (Wildman–Crippen LogP) is 3.61. The van der Waals surface area contributed by atoms with Crippen molar-refractivity contribution in [1.82, 2.24) is 0 Å². The van der Waals surface area contributed by atoms with Gasteiger partial charge in [0.15, 0.2) is 0 Å². The maximum atomic E-state index is 9.00. The molecule has 0 bridgehead atoms. The third kappa shape index (κ3) is 18.9. The molecule has 2 nitrogen and oxygen atoms in total. The number of rotatable bonds is 1. The molecule has 0 spiro atoms. The minimum Gasteiger partial charge on any atom is -0.481 e. The number of hydrogen-bond acceptors (Lipinski definition) is 1. The molecular weight excluding hydrogens is 188 g/mol. The Morgan fingerprint density at radius 3 is 1.80 bits per heavy atom. The van der Waals surface area contributed by atoms with Gasteiger partial charge in [-0.15, -0.1) is 6.58 Å². The highest BCUT2D eigenvalue weighted by molar-refractivity contribution is 5.62. The average molecular weight is 206 g/mol. The number of carboxylic acid groups (broad SMARTS) is 1. The molecular formula is C13H18O2. The fourth-order valence-electron chi connectivity index (χ4n) is 0.589. The van der Waals surface area contributed by atoms with Crippen molar-refractivity contribution in [2.45, 2.75) is 13.8 Å². The lowest BCUT2D eigenvalue weighted by atomic mass is 10.2. The van der Waals surface area contributed by atoms with Crippen molar-refractivity contribution in [3.8, 4) is 0 Å². The van der Waals surface area contributed by atoms with Crippen molar-refractivity contribution in [2.24, 2.45) is 0 Å². The van der Waals surface area contributed by atoms with Crippen molar-refractivity contribution in [3.05, 3.63) is 55.1 Å². The minimum atomic E-state index is -0.833. The van der Waals surface area contributed by atoms with E-state index < -0.39 is 5.97 Å². The number of hydrogen-bond donors (Lipinski definition) is 1. The Bertz CT molecular complexity index is 272. The highest BCUT2D eigenvalue weighted by Crippen LogP contribution is 1.97. The van der Waals surface area contributed by atoms with E-state index in [0.717, 1.165) is 6.92 Å². The van der Waals surface area contributed by atoms with Crippen LogP contribution < -0.4 is 0 Å². The number of allylic oxidation sites excluding steroid dienone is 1. The maximum Gasteiger partial charge on any atom is 0.300 e. The molecule has 15 heavy (non-hydrogen) atoms. The Morgan fingerprint density at radius 2 is 1.60 bits per heavy atom. The van der Waals surface area contributed by atoms with Crippen LogP contribution in [0.2, 0.25) is 0 Å². The average Bonchev–Trinajstić information content (AvgIpc) is 2.19. The SMILES string of the molecule is C=CC.C=Cc1ccccc1.CC(=O)O. The molecule has 1 aromatic carbocycles. The van der Waals surface area contributed by atoms with Crippen LogP contribution in [0.4, 0.5) is 0 Å². The summed E-state index contributed by atoms with van der Waals surface area (Å²) in [6.07, 6.45) is 3.58. The molecule has 1 N–H and O–H groups in total. The summed E-state index contributed by atoms with van der Waals surface area (Å²) in [7, 11) is 0. The number of carbonyl (C=O) groups is 1. The first kappa shape index (κ1) is 15.6. The summed E-state index contributed by atoms with van der Waals surface area (Å²) in [5.74, 6) is -0.833. The molecule has 82 valence electrons. The van der Waals surface area contributed by atoms with Crippen molar-refractivity contribution in [1.29, 1.82) is 0 Å². The van der Waals surface area contributed by atoms with E-state index in [-0.39, 0.29) is 0 Å². The van der Waals surface area contributed by atoms with Gasteiger partial charge in [-0.1, -0.05) is 49.1 Å². The van der Waals surface area contributed by atoms with Crippen LogP contribution in [-0.4, -0.2) is 11.1 Å². The third-order valence-electron chi connectivity index (χ3n) is 1.04. The van der Waals surface area contributed by atoms with E-state index in [9.17, 15) is 0 Å². The van der Waals surface area contributed by atoms with Gasteiger partial charge in [0.2, 0.25) is 0 Å². The van der Waals surface area contributed by atoms with Crippen LogP contribution >= 0.6 is 0 Å². The zero-order valence-corrected chi connectivity index (χ0v) is 9.31. The lowest BCUT2D eigenvalue weighted by Gasteiger charge is -1.85. The van der Waals surface area contributed by atoms with Gasteiger partial charge in [0.25, 0.3) is 5.97 Å². The molecule has 0 saturated carbocycles. The van der Waals surface area contributed by atoms with Crippen molar-refractivity contribution < 1.29 is 9.90 Å². The van der Waals surface area contributed by atoms with Gasteiger partial charge in [0.1, 0.15) is 0 Å². The largest absolute Gasteiger partial charge is 0.481 e. The van der Waals surface area contributed by atoms with Crippen LogP contribution in [0, 0.1) is 0 Å². The second-order valence-electron chi connectivity index (χ2n) is 2.54. The molecule has 0 heterocycles. The van der Waals surface area contributed by atoms with Gasteiger partial charge in [-0.2, -0.15) is 0 Å². The van der Waals surface area contributed by atoms with Crippen LogP contribution in [0.1, 0.15) is 19.4 Å². The smallest absolute Gasteiger partial charge is 0.300 e. The van der Waals surface area contributed by atoms with E-state index >= 15 is 0 Å².